The lowest BCUT2D eigenvalue weighted by atomic mass is 9.86. The first-order chi connectivity index (χ1) is 11.4. The van der Waals surface area contributed by atoms with Gasteiger partial charge in [0.25, 0.3) is 0 Å². The van der Waals surface area contributed by atoms with E-state index in [9.17, 15) is 19.6 Å². The maximum absolute atomic E-state index is 14.3. The Morgan fingerprint density at radius 1 is 1.54 bits per heavy atom. The van der Waals surface area contributed by atoms with E-state index in [4.69, 9.17) is 11.6 Å². The molecule has 1 aromatic heterocycles. The lowest BCUT2D eigenvalue weighted by molar-refractivity contribution is -0.144. The van der Waals surface area contributed by atoms with Crippen molar-refractivity contribution in [3.8, 4) is 6.07 Å². The number of halogens is 2. The molecule has 7 heteroatoms. The Labute approximate surface area is 143 Å². The SMILES string of the molecule is CC1CN(c2c(C#N)cnc3c(F)c(Cl)ccc23)CCC1C(=O)O. The van der Waals surface area contributed by atoms with Crippen molar-refractivity contribution in [3.05, 3.63) is 34.7 Å². The highest BCUT2D eigenvalue weighted by Crippen LogP contribution is 2.36. The van der Waals surface area contributed by atoms with Crippen LogP contribution in [0.3, 0.4) is 0 Å². The van der Waals surface area contributed by atoms with Crippen molar-refractivity contribution in [1.29, 1.82) is 5.26 Å². The molecule has 0 amide bonds. The summed E-state index contributed by atoms with van der Waals surface area (Å²) in [6, 6.07) is 5.19. The molecule has 0 bridgehead atoms. The van der Waals surface area contributed by atoms with Gasteiger partial charge in [0.1, 0.15) is 11.6 Å². The standard InChI is InChI=1S/C17H15ClFN3O2/c1-9-8-22(5-4-11(9)17(23)24)16-10(6-20)7-21-15-12(16)2-3-13(18)14(15)19/h2-3,7,9,11H,4-5,8H2,1H3,(H,23,24). The second kappa shape index (κ2) is 6.25. The first kappa shape index (κ1) is 16.5. The van der Waals surface area contributed by atoms with E-state index >= 15 is 0 Å². The third kappa shape index (κ3) is 2.65. The monoisotopic (exact) mass is 347 g/mol. The molecule has 1 aromatic carbocycles. The first-order valence-electron chi connectivity index (χ1n) is 7.58. The number of aromatic nitrogens is 1. The Morgan fingerprint density at radius 2 is 2.29 bits per heavy atom. The Bertz CT molecular complexity index is 865. The molecule has 3 rings (SSSR count). The predicted molar refractivity (Wildman–Crippen MR) is 88.5 cm³/mol. The first-order valence-corrected chi connectivity index (χ1v) is 7.96. The highest BCUT2D eigenvalue weighted by atomic mass is 35.5. The van der Waals surface area contributed by atoms with Gasteiger partial charge in [-0.2, -0.15) is 5.26 Å². The predicted octanol–water partition coefficient (Wildman–Crippen LogP) is 3.45. The number of hydrogen-bond acceptors (Lipinski definition) is 4. The average Bonchev–Trinajstić information content (AvgIpc) is 2.56. The van der Waals surface area contributed by atoms with Crippen LogP contribution in [-0.2, 0) is 4.79 Å². The van der Waals surface area contributed by atoms with E-state index in [0.29, 0.717) is 36.1 Å². The summed E-state index contributed by atoms with van der Waals surface area (Å²) in [5, 5.41) is 19.2. The third-order valence-electron chi connectivity index (χ3n) is 4.56. The van der Waals surface area contributed by atoms with Crippen LogP contribution in [0, 0.1) is 29.0 Å². The van der Waals surface area contributed by atoms with Crippen molar-refractivity contribution in [2.45, 2.75) is 13.3 Å². The van der Waals surface area contributed by atoms with Gasteiger partial charge in [0.05, 0.1) is 22.2 Å². The molecular weight excluding hydrogens is 333 g/mol. The van der Waals surface area contributed by atoms with E-state index in [-0.39, 0.29) is 16.5 Å². The van der Waals surface area contributed by atoms with Crippen molar-refractivity contribution in [1.82, 2.24) is 4.98 Å². The number of rotatable bonds is 2. The van der Waals surface area contributed by atoms with Gasteiger partial charge in [-0.05, 0) is 24.5 Å². The summed E-state index contributed by atoms with van der Waals surface area (Å²) in [6.45, 7) is 2.84. The molecule has 24 heavy (non-hydrogen) atoms. The van der Waals surface area contributed by atoms with Crippen LogP contribution in [-0.4, -0.2) is 29.1 Å². The van der Waals surface area contributed by atoms with Gasteiger partial charge in [-0.3, -0.25) is 9.78 Å². The van der Waals surface area contributed by atoms with Gasteiger partial charge in [-0.1, -0.05) is 18.5 Å². The lowest BCUT2D eigenvalue weighted by Crippen LogP contribution is -2.42. The molecule has 0 aliphatic carbocycles. The molecule has 1 aliphatic rings. The van der Waals surface area contributed by atoms with Crippen LogP contribution < -0.4 is 4.90 Å². The minimum Gasteiger partial charge on any atom is -0.481 e. The van der Waals surface area contributed by atoms with E-state index in [1.165, 1.54) is 12.3 Å². The van der Waals surface area contributed by atoms with Crippen molar-refractivity contribution >= 4 is 34.2 Å². The summed E-state index contributed by atoms with van der Waals surface area (Å²) < 4.78 is 14.3. The average molecular weight is 348 g/mol. The largest absolute Gasteiger partial charge is 0.481 e. The number of piperidine rings is 1. The Kier molecular flexibility index (Phi) is 4.29. The van der Waals surface area contributed by atoms with Crippen LogP contribution in [0.2, 0.25) is 5.02 Å². The number of fused-ring (bicyclic) bond motifs is 1. The smallest absolute Gasteiger partial charge is 0.306 e. The van der Waals surface area contributed by atoms with Crippen molar-refractivity contribution in [2.24, 2.45) is 11.8 Å². The van der Waals surface area contributed by atoms with Gasteiger partial charge in [-0.25, -0.2) is 4.39 Å². The van der Waals surface area contributed by atoms with Crippen LogP contribution >= 0.6 is 11.6 Å². The summed E-state index contributed by atoms with van der Waals surface area (Å²) in [4.78, 5) is 17.3. The number of nitriles is 1. The zero-order valence-corrected chi connectivity index (χ0v) is 13.7. The van der Waals surface area contributed by atoms with Gasteiger partial charge in [0.15, 0.2) is 5.82 Å². The molecule has 1 fully saturated rings. The molecule has 2 atom stereocenters. The second-order valence-electron chi connectivity index (χ2n) is 6.05. The van der Waals surface area contributed by atoms with Crippen molar-refractivity contribution < 1.29 is 14.3 Å². The van der Waals surface area contributed by atoms with E-state index in [1.54, 1.807) is 6.07 Å². The van der Waals surface area contributed by atoms with Crippen LogP contribution in [0.15, 0.2) is 18.3 Å². The fourth-order valence-corrected chi connectivity index (χ4v) is 3.48. The molecule has 2 heterocycles. The topological polar surface area (TPSA) is 77.2 Å². The Morgan fingerprint density at radius 3 is 2.92 bits per heavy atom. The highest BCUT2D eigenvalue weighted by Gasteiger charge is 2.32. The lowest BCUT2D eigenvalue weighted by Gasteiger charge is -2.37. The van der Waals surface area contributed by atoms with Crippen molar-refractivity contribution in [2.75, 3.05) is 18.0 Å². The maximum Gasteiger partial charge on any atom is 0.306 e. The van der Waals surface area contributed by atoms with Gasteiger partial charge in [0, 0.05) is 24.7 Å². The van der Waals surface area contributed by atoms with Gasteiger partial charge >= 0.3 is 5.97 Å². The fourth-order valence-electron chi connectivity index (χ4n) is 3.33. The molecule has 1 N–H and O–H groups in total. The number of carboxylic acids is 1. The van der Waals surface area contributed by atoms with Crippen LogP contribution in [0.25, 0.3) is 10.9 Å². The zero-order valence-electron chi connectivity index (χ0n) is 13.0. The summed E-state index contributed by atoms with van der Waals surface area (Å²) in [5.74, 6) is -1.91. The van der Waals surface area contributed by atoms with Crippen LogP contribution in [0.1, 0.15) is 18.9 Å². The molecule has 0 saturated carbocycles. The molecule has 0 spiro atoms. The molecule has 1 saturated heterocycles. The minimum absolute atomic E-state index is 0.0244. The van der Waals surface area contributed by atoms with Crippen LogP contribution in [0.4, 0.5) is 10.1 Å². The maximum atomic E-state index is 14.3. The number of carbonyl (C=O) groups is 1. The third-order valence-corrected chi connectivity index (χ3v) is 4.85. The van der Waals surface area contributed by atoms with E-state index in [2.05, 4.69) is 11.1 Å². The number of hydrogen-bond donors (Lipinski definition) is 1. The summed E-state index contributed by atoms with van der Waals surface area (Å²) >= 11 is 5.82. The fraction of sp³-hybridized carbons (Fsp3) is 0.353. The van der Waals surface area contributed by atoms with Crippen LogP contribution in [0.5, 0.6) is 0 Å². The number of carboxylic acid groups (broad SMARTS) is 1. The Hall–Kier alpha value is -2.39. The Balaban J connectivity index is 2.11. The summed E-state index contributed by atoms with van der Waals surface area (Å²) in [6.07, 6.45) is 1.81. The zero-order chi connectivity index (χ0) is 17.4. The molecule has 2 unspecified atom stereocenters. The second-order valence-corrected chi connectivity index (χ2v) is 6.45. The normalized spacial score (nSPS) is 20.8. The quantitative estimate of drug-likeness (QED) is 0.900. The van der Waals surface area contributed by atoms with Gasteiger partial charge < -0.3 is 10.0 Å². The molecule has 1 aliphatic heterocycles. The number of anilines is 1. The van der Waals surface area contributed by atoms with Crippen molar-refractivity contribution in [3.63, 3.8) is 0 Å². The summed E-state index contributed by atoms with van der Waals surface area (Å²) in [5.41, 5.74) is 1.04. The van der Waals surface area contributed by atoms with E-state index in [1.807, 2.05) is 11.8 Å². The summed E-state index contributed by atoms with van der Waals surface area (Å²) in [7, 11) is 0. The van der Waals surface area contributed by atoms with Gasteiger partial charge in [-0.15, -0.1) is 0 Å². The molecule has 2 aromatic rings. The molecule has 124 valence electrons. The van der Waals surface area contributed by atoms with Gasteiger partial charge in [0.2, 0.25) is 0 Å². The molecular formula is C17H15ClFN3O2. The number of pyridine rings is 1. The molecule has 5 nitrogen and oxygen atoms in total. The molecule has 0 radical (unpaired) electrons. The highest BCUT2D eigenvalue weighted by molar-refractivity contribution is 6.31. The van der Waals surface area contributed by atoms with E-state index < -0.39 is 17.7 Å². The van der Waals surface area contributed by atoms with E-state index in [0.717, 1.165) is 0 Å². The number of aliphatic carboxylic acids is 1. The minimum atomic E-state index is -0.805. The number of nitrogens with zero attached hydrogens (tertiary/aromatic N) is 3. The number of benzene rings is 1.